The van der Waals surface area contributed by atoms with E-state index in [-0.39, 0.29) is 0 Å². The molecule has 2 fully saturated rings. The summed E-state index contributed by atoms with van der Waals surface area (Å²) in [4.78, 5) is 37.0. The third-order valence-electron chi connectivity index (χ3n) is 7.71. The van der Waals surface area contributed by atoms with E-state index in [2.05, 4.69) is 74.4 Å². The van der Waals surface area contributed by atoms with Gasteiger partial charge in [-0.1, -0.05) is 24.3 Å². The highest BCUT2D eigenvalue weighted by molar-refractivity contribution is 9.10. The summed E-state index contributed by atoms with van der Waals surface area (Å²) in [5, 5.41) is 9.16. The van der Waals surface area contributed by atoms with Crippen LogP contribution in [-0.2, 0) is 20.1 Å². The number of aryl methyl sites for hydroxylation is 1. The molecule has 2 N–H and O–H groups in total. The number of piperazine rings is 2. The molecular formula is C27H32BrN9O2. The van der Waals surface area contributed by atoms with Crippen LogP contribution in [0.15, 0.2) is 47.5 Å². The van der Waals surface area contributed by atoms with Crippen molar-refractivity contribution in [2.75, 3.05) is 57.3 Å². The molecule has 2 saturated heterocycles. The smallest absolute Gasteiger partial charge is 0.407 e. The number of aromatic nitrogens is 5. The minimum atomic E-state index is -0.836. The van der Waals surface area contributed by atoms with Gasteiger partial charge in [0, 0.05) is 90.5 Å². The Bertz CT molecular complexity index is 1450. The van der Waals surface area contributed by atoms with E-state index in [9.17, 15) is 4.79 Å². The van der Waals surface area contributed by atoms with Gasteiger partial charge in [-0.25, -0.2) is 19.7 Å². The van der Waals surface area contributed by atoms with Gasteiger partial charge in [0.25, 0.3) is 0 Å². The number of anilines is 1. The van der Waals surface area contributed by atoms with E-state index >= 15 is 0 Å². The van der Waals surface area contributed by atoms with Gasteiger partial charge in [-0.2, -0.15) is 0 Å². The molecule has 6 rings (SSSR count). The number of imidazole rings is 2. The Labute approximate surface area is 235 Å². The van der Waals surface area contributed by atoms with Crippen molar-refractivity contribution in [3.05, 3.63) is 58.7 Å². The van der Waals surface area contributed by atoms with Crippen molar-refractivity contribution < 1.29 is 9.90 Å². The van der Waals surface area contributed by atoms with Crippen LogP contribution < -0.4 is 4.90 Å². The SMILES string of the molecule is Cn1cncc1CN1CCN(c2c(Br)cnc3[nH]c(-c4ccc(CN5CCN(C(=O)O)CC5)cc4)nc23)CC1. The summed E-state index contributed by atoms with van der Waals surface area (Å²) in [5.74, 6) is 0.799. The third-order valence-corrected chi connectivity index (χ3v) is 8.29. The minimum Gasteiger partial charge on any atom is -0.465 e. The molecule has 12 heteroatoms. The number of nitrogens with zero attached hydrogens (tertiary/aromatic N) is 8. The number of hydrogen-bond acceptors (Lipinski definition) is 7. The van der Waals surface area contributed by atoms with Crippen molar-refractivity contribution in [2.24, 2.45) is 7.05 Å². The Morgan fingerprint density at radius 2 is 1.67 bits per heavy atom. The summed E-state index contributed by atoms with van der Waals surface area (Å²) >= 11 is 3.74. The normalized spacial score (nSPS) is 17.3. The van der Waals surface area contributed by atoms with Crippen LogP contribution in [0.5, 0.6) is 0 Å². The summed E-state index contributed by atoms with van der Waals surface area (Å²) < 4.78 is 3.03. The summed E-state index contributed by atoms with van der Waals surface area (Å²) in [5.41, 5.74) is 6.17. The Morgan fingerprint density at radius 3 is 2.33 bits per heavy atom. The summed E-state index contributed by atoms with van der Waals surface area (Å²) in [6.07, 6.45) is 4.81. The number of halogens is 1. The van der Waals surface area contributed by atoms with Crippen LogP contribution >= 0.6 is 15.9 Å². The topological polar surface area (TPSA) is 110 Å². The zero-order valence-electron chi connectivity index (χ0n) is 21.9. The van der Waals surface area contributed by atoms with E-state index in [1.807, 2.05) is 25.8 Å². The van der Waals surface area contributed by atoms with Gasteiger partial charge in [-0.05, 0) is 21.5 Å². The molecule has 204 valence electrons. The third kappa shape index (κ3) is 5.49. The number of aromatic amines is 1. The van der Waals surface area contributed by atoms with Crippen molar-refractivity contribution in [3.63, 3.8) is 0 Å². The molecule has 39 heavy (non-hydrogen) atoms. The number of nitrogens with one attached hydrogen (secondary N) is 1. The van der Waals surface area contributed by atoms with E-state index in [1.54, 1.807) is 0 Å². The molecular weight excluding hydrogens is 562 g/mol. The van der Waals surface area contributed by atoms with Gasteiger partial charge in [0.1, 0.15) is 11.3 Å². The quantitative estimate of drug-likeness (QED) is 0.351. The second-order valence-electron chi connectivity index (χ2n) is 10.2. The Kier molecular flexibility index (Phi) is 7.24. The van der Waals surface area contributed by atoms with E-state index in [4.69, 9.17) is 10.1 Å². The number of carbonyl (C=O) groups is 1. The minimum absolute atomic E-state index is 0.552. The summed E-state index contributed by atoms with van der Waals surface area (Å²) in [6.45, 7) is 8.05. The van der Waals surface area contributed by atoms with Gasteiger partial charge < -0.3 is 24.5 Å². The first-order valence-corrected chi connectivity index (χ1v) is 14.0. The van der Waals surface area contributed by atoms with E-state index < -0.39 is 6.09 Å². The second kappa shape index (κ2) is 10.9. The van der Waals surface area contributed by atoms with Crippen LogP contribution in [0.3, 0.4) is 0 Å². The molecule has 0 unspecified atom stereocenters. The van der Waals surface area contributed by atoms with Crippen molar-refractivity contribution in [1.29, 1.82) is 0 Å². The average Bonchev–Trinajstić information content (AvgIpc) is 3.56. The Hall–Kier alpha value is -3.48. The highest BCUT2D eigenvalue weighted by atomic mass is 79.9. The molecule has 1 aromatic carbocycles. The number of amides is 1. The Balaban J connectivity index is 1.14. The first kappa shape index (κ1) is 25.8. The number of rotatable bonds is 6. The number of fused-ring (bicyclic) bond motifs is 1. The van der Waals surface area contributed by atoms with Crippen LogP contribution in [0.25, 0.3) is 22.6 Å². The zero-order chi connectivity index (χ0) is 26.9. The van der Waals surface area contributed by atoms with Gasteiger partial charge in [-0.15, -0.1) is 0 Å². The lowest BCUT2D eigenvalue weighted by atomic mass is 10.1. The monoisotopic (exact) mass is 593 g/mol. The lowest BCUT2D eigenvalue weighted by molar-refractivity contribution is 0.103. The molecule has 0 radical (unpaired) electrons. The van der Waals surface area contributed by atoms with E-state index in [0.717, 1.165) is 85.1 Å². The predicted molar refractivity (Wildman–Crippen MR) is 153 cm³/mol. The van der Waals surface area contributed by atoms with Crippen LogP contribution in [0.2, 0.25) is 0 Å². The highest BCUT2D eigenvalue weighted by Gasteiger charge is 2.24. The molecule has 3 aromatic heterocycles. The second-order valence-corrected chi connectivity index (χ2v) is 11.1. The Morgan fingerprint density at radius 1 is 0.974 bits per heavy atom. The number of pyridine rings is 1. The lowest BCUT2D eigenvalue weighted by Gasteiger charge is -2.36. The van der Waals surface area contributed by atoms with Crippen molar-refractivity contribution in [3.8, 4) is 11.4 Å². The molecule has 2 aliphatic rings. The maximum atomic E-state index is 11.1. The van der Waals surface area contributed by atoms with Crippen molar-refractivity contribution in [2.45, 2.75) is 13.1 Å². The summed E-state index contributed by atoms with van der Waals surface area (Å²) in [7, 11) is 2.04. The first-order valence-electron chi connectivity index (χ1n) is 13.2. The maximum Gasteiger partial charge on any atom is 0.407 e. The molecule has 0 bridgehead atoms. The van der Waals surface area contributed by atoms with Crippen molar-refractivity contribution in [1.82, 2.24) is 39.2 Å². The fourth-order valence-electron chi connectivity index (χ4n) is 5.37. The molecule has 1 amide bonds. The number of carboxylic acid groups (broad SMARTS) is 1. The van der Waals surface area contributed by atoms with Crippen LogP contribution in [0.1, 0.15) is 11.3 Å². The summed E-state index contributed by atoms with van der Waals surface area (Å²) in [6, 6.07) is 8.43. The van der Waals surface area contributed by atoms with Gasteiger partial charge >= 0.3 is 6.09 Å². The first-order chi connectivity index (χ1) is 18.9. The number of benzene rings is 1. The van der Waals surface area contributed by atoms with Gasteiger partial charge in [0.2, 0.25) is 0 Å². The fourth-order valence-corrected chi connectivity index (χ4v) is 5.92. The zero-order valence-corrected chi connectivity index (χ0v) is 23.5. The molecule has 2 aliphatic heterocycles. The van der Waals surface area contributed by atoms with Gasteiger partial charge in [0.15, 0.2) is 5.65 Å². The van der Waals surface area contributed by atoms with Crippen LogP contribution in [0.4, 0.5) is 10.5 Å². The number of H-pyrrole nitrogens is 1. The van der Waals surface area contributed by atoms with E-state index in [0.29, 0.717) is 13.1 Å². The largest absolute Gasteiger partial charge is 0.465 e. The van der Waals surface area contributed by atoms with Gasteiger partial charge in [-0.3, -0.25) is 9.80 Å². The van der Waals surface area contributed by atoms with Crippen LogP contribution in [0, 0.1) is 0 Å². The highest BCUT2D eigenvalue weighted by Crippen LogP contribution is 2.34. The molecule has 0 spiro atoms. The van der Waals surface area contributed by atoms with Crippen molar-refractivity contribution >= 4 is 38.9 Å². The lowest BCUT2D eigenvalue weighted by Crippen LogP contribution is -2.47. The predicted octanol–water partition coefficient (Wildman–Crippen LogP) is 3.24. The molecule has 4 aromatic rings. The molecule has 5 heterocycles. The van der Waals surface area contributed by atoms with E-state index in [1.165, 1.54) is 16.2 Å². The molecule has 0 atom stereocenters. The molecule has 0 aliphatic carbocycles. The fraction of sp³-hybridized carbons (Fsp3) is 0.407. The standard InChI is InChI=1S/C27H32BrN9O2/c1-33-18-29-14-21(33)17-35-6-10-36(11-7-35)24-22(28)15-30-26-23(24)31-25(32-26)20-4-2-19(3-5-20)16-34-8-12-37(13-9-34)27(38)39/h2-5,14-15,18H,6-13,16-17H2,1H3,(H,38,39)(H,30,31,32). The van der Waals surface area contributed by atoms with Gasteiger partial charge in [0.05, 0.1) is 22.2 Å². The average molecular weight is 595 g/mol. The molecule has 0 saturated carbocycles. The number of hydrogen-bond donors (Lipinski definition) is 2. The van der Waals surface area contributed by atoms with Crippen LogP contribution in [-0.4, -0.2) is 103 Å². The molecule has 11 nitrogen and oxygen atoms in total. The maximum absolute atomic E-state index is 11.1.